The van der Waals surface area contributed by atoms with E-state index < -0.39 is 79.2 Å². The van der Waals surface area contributed by atoms with E-state index in [0.29, 0.717) is 0 Å². The number of carbonyl (C=O) groups excluding carboxylic acids is 4. The van der Waals surface area contributed by atoms with Crippen LogP contribution in [0.1, 0.15) is 25.7 Å². The number of carbonyl (C=O) groups is 4. The average Bonchev–Trinajstić information content (AvgIpc) is 2.51. The zero-order valence-electron chi connectivity index (χ0n) is 17.3. The molecule has 0 aromatic rings. The fourth-order valence-electron chi connectivity index (χ4n) is 2.10. The fourth-order valence-corrected chi connectivity index (χ4v) is 3.87. The molecule has 14 nitrogen and oxygen atoms in total. The van der Waals surface area contributed by atoms with Gasteiger partial charge in [-0.05, 0) is 12.8 Å². The van der Waals surface area contributed by atoms with E-state index in [1.54, 1.807) is 0 Å². The van der Waals surface area contributed by atoms with Crippen LogP contribution in [0, 0.1) is 0 Å². The molecule has 0 bridgehead atoms. The van der Waals surface area contributed by atoms with Gasteiger partial charge in [-0.25, -0.2) is 0 Å². The number of carboxylic acid groups (broad SMARTS) is 2. The van der Waals surface area contributed by atoms with Crippen LogP contribution in [0.5, 0.6) is 0 Å². The van der Waals surface area contributed by atoms with E-state index in [4.69, 9.17) is 20.6 Å². The maximum absolute atomic E-state index is 10.9. The Morgan fingerprint density at radius 1 is 0.750 bits per heavy atom. The van der Waals surface area contributed by atoms with Gasteiger partial charge in [0.1, 0.15) is 0 Å². The van der Waals surface area contributed by atoms with E-state index in [9.17, 15) is 46.2 Å². The molecule has 0 radical (unpaired) electrons. The number of hydrogen-bond donors (Lipinski definition) is 4. The van der Waals surface area contributed by atoms with Crippen LogP contribution in [-0.4, -0.2) is 59.2 Å². The molecule has 32 heavy (non-hydrogen) atoms. The van der Waals surface area contributed by atoms with Crippen LogP contribution < -0.4 is 80.8 Å². The normalized spacial score (nSPS) is 14.3. The molecule has 0 fully saturated rings. The molecule has 0 aromatic heterocycles. The average molecular weight is 518 g/mol. The molecule has 2 atom stereocenters. The Bertz CT molecular complexity index is 859. The van der Waals surface area contributed by atoms with Crippen molar-refractivity contribution in [3.05, 3.63) is 25.3 Å². The van der Waals surface area contributed by atoms with Crippen LogP contribution in [0.25, 0.3) is 0 Å². The molecular formula is C14H20N2Na2O12S2. The third-order valence-corrected chi connectivity index (χ3v) is 6.69. The molecule has 0 aromatic carbocycles. The van der Waals surface area contributed by atoms with E-state index in [-0.39, 0.29) is 59.1 Å². The first-order chi connectivity index (χ1) is 13.3. The molecular weight excluding hydrogens is 498 g/mol. The minimum atomic E-state index is -4.95. The van der Waals surface area contributed by atoms with Crippen molar-refractivity contribution in [3.63, 3.8) is 0 Å². The van der Waals surface area contributed by atoms with Gasteiger partial charge in [-0.1, -0.05) is 12.2 Å². The van der Waals surface area contributed by atoms with Crippen molar-refractivity contribution in [1.82, 2.24) is 0 Å². The topological polar surface area (TPSA) is 275 Å². The zero-order valence-corrected chi connectivity index (χ0v) is 23.0. The summed E-state index contributed by atoms with van der Waals surface area (Å²) < 4.78 is 56.2. The first-order valence-electron chi connectivity index (χ1n) is 7.50. The summed E-state index contributed by atoms with van der Waals surface area (Å²) in [6.45, 7) is 6.30. The Morgan fingerprint density at radius 2 is 0.969 bits per heavy atom. The van der Waals surface area contributed by atoms with Crippen LogP contribution in [0.15, 0.2) is 25.3 Å². The second-order valence-electron chi connectivity index (χ2n) is 5.75. The molecule has 0 aliphatic carbocycles. The second-order valence-corrected chi connectivity index (χ2v) is 9.21. The number of allylic oxidation sites excluding steroid dienone is 2. The van der Waals surface area contributed by atoms with Gasteiger partial charge >= 0.3 is 59.1 Å². The van der Waals surface area contributed by atoms with E-state index in [0.717, 1.165) is 12.2 Å². The van der Waals surface area contributed by atoms with Gasteiger partial charge in [-0.15, -0.1) is 13.2 Å². The van der Waals surface area contributed by atoms with Gasteiger partial charge in [0.15, 0.2) is 9.49 Å². The van der Waals surface area contributed by atoms with Crippen LogP contribution >= 0.6 is 0 Å². The summed E-state index contributed by atoms with van der Waals surface area (Å²) in [6, 6.07) is 0. The van der Waals surface area contributed by atoms with Crippen molar-refractivity contribution in [2.75, 3.05) is 0 Å². The molecule has 172 valence electrons. The maximum Gasteiger partial charge on any atom is 1.00 e. The number of primary amides is 2. The Morgan fingerprint density at radius 3 is 1.06 bits per heavy atom. The summed E-state index contributed by atoms with van der Waals surface area (Å²) in [5, 5.41) is 20.6. The molecule has 0 aliphatic rings. The number of rotatable bonds is 12. The second kappa shape index (κ2) is 15.2. The standard InChI is InChI=1S/2C7H11NO6S.2Na/c2*1-2-3-7(6(8)11,4-5(9)10)15(12,13)14;;/h2*2H,1,3-4H2,(H2,8,11)(H,9,10)(H,12,13,14);;/q;;2*+1/p-2. The molecule has 0 aliphatic heterocycles. The SMILES string of the molecule is C=CCC(CC(=O)[O-])(C(N)=O)S(=O)(=O)O.C=CCC(CC(=O)[O-])(C(N)=O)S(=O)(=O)O.[Na+].[Na+]. The van der Waals surface area contributed by atoms with Crippen LogP contribution in [0.2, 0.25) is 0 Å². The monoisotopic (exact) mass is 518 g/mol. The van der Waals surface area contributed by atoms with Crippen molar-refractivity contribution >= 4 is 44.0 Å². The minimum Gasteiger partial charge on any atom is -0.550 e. The predicted octanol–water partition coefficient (Wildman–Crippen LogP) is -10.4. The van der Waals surface area contributed by atoms with Crippen molar-refractivity contribution in [1.29, 1.82) is 0 Å². The third kappa shape index (κ3) is 10.4. The Labute approximate surface area is 228 Å². The molecule has 0 heterocycles. The van der Waals surface area contributed by atoms with E-state index in [2.05, 4.69) is 13.2 Å². The Hall–Kier alpha value is -0.820. The molecule has 0 rings (SSSR count). The van der Waals surface area contributed by atoms with Crippen molar-refractivity contribution in [3.8, 4) is 0 Å². The van der Waals surface area contributed by atoms with Gasteiger partial charge in [0.2, 0.25) is 11.8 Å². The van der Waals surface area contributed by atoms with Crippen LogP contribution in [0.3, 0.4) is 0 Å². The Kier molecular flexibility index (Phi) is 18.2. The molecule has 0 saturated carbocycles. The Balaban J connectivity index is -0.000000231. The van der Waals surface area contributed by atoms with Crippen molar-refractivity contribution in [2.24, 2.45) is 11.5 Å². The maximum atomic E-state index is 10.9. The van der Waals surface area contributed by atoms with Gasteiger partial charge in [0.25, 0.3) is 20.2 Å². The summed E-state index contributed by atoms with van der Waals surface area (Å²) in [5.74, 6) is -6.55. The van der Waals surface area contributed by atoms with Gasteiger partial charge in [-0.3, -0.25) is 18.7 Å². The van der Waals surface area contributed by atoms with Gasteiger partial charge < -0.3 is 31.3 Å². The largest absolute Gasteiger partial charge is 1.00 e. The number of amides is 2. The molecule has 0 saturated heterocycles. The quantitative estimate of drug-likeness (QED) is 0.106. The predicted molar refractivity (Wildman–Crippen MR) is 95.8 cm³/mol. The van der Waals surface area contributed by atoms with E-state index >= 15 is 0 Å². The molecule has 6 N–H and O–H groups in total. The van der Waals surface area contributed by atoms with Crippen LogP contribution in [-0.2, 0) is 39.4 Å². The fraction of sp³-hybridized carbons (Fsp3) is 0.429. The summed E-state index contributed by atoms with van der Waals surface area (Å²) in [5.41, 5.74) is 9.55. The molecule has 2 unspecified atom stereocenters. The number of nitrogens with two attached hydrogens (primary N) is 2. The summed E-state index contributed by atoms with van der Waals surface area (Å²) in [6.07, 6.45) is -1.69. The van der Waals surface area contributed by atoms with Gasteiger partial charge in [-0.2, -0.15) is 16.8 Å². The smallest absolute Gasteiger partial charge is 0.550 e. The van der Waals surface area contributed by atoms with Gasteiger partial charge in [0, 0.05) is 24.8 Å². The minimum absolute atomic E-state index is 0. The zero-order chi connectivity index (χ0) is 24.6. The van der Waals surface area contributed by atoms with E-state index in [1.165, 1.54) is 0 Å². The summed E-state index contributed by atoms with van der Waals surface area (Å²) in [7, 11) is -9.90. The summed E-state index contributed by atoms with van der Waals surface area (Å²) >= 11 is 0. The first-order valence-corrected chi connectivity index (χ1v) is 10.4. The molecule has 18 heteroatoms. The summed E-state index contributed by atoms with van der Waals surface area (Å²) in [4.78, 5) is 42.5. The van der Waals surface area contributed by atoms with Crippen molar-refractivity contribution in [2.45, 2.75) is 35.2 Å². The first kappa shape index (κ1) is 38.4. The van der Waals surface area contributed by atoms with Gasteiger partial charge in [0.05, 0.1) is 0 Å². The number of aliphatic carboxylic acids is 2. The molecule has 2 amide bonds. The van der Waals surface area contributed by atoms with E-state index in [1.807, 2.05) is 0 Å². The van der Waals surface area contributed by atoms with Crippen molar-refractivity contribution < 1.29 is 114 Å². The molecule has 0 spiro atoms. The number of hydrogen-bond acceptors (Lipinski definition) is 10. The van der Waals surface area contributed by atoms with Crippen LogP contribution in [0.4, 0.5) is 0 Å². The third-order valence-electron chi connectivity index (χ3n) is 3.69. The number of carboxylic acids is 2.